The summed E-state index contributed by atoms with van der Waals surface area (Å²) in [6.07, 6.45) is 0. The summed E-state index contributed by atoms with van der Waals surface area (Å²) in [5, 5.41) is 4.94. The van der Waals surface area contributed by atoms with Gasteiger partial charge < -0.3 is 0 Å². The molecule has 2 heterocycles. The first-order valence-corrected chi connectivity index (χ1v) is 8.93. The molecular weight excluding hydrogens is 324 g/mol. The average Bonchev–Trinajstić information content (AvgIpc) is 2.93. The second kappa shape index (κ2) is 5.10. The molecule has 6 nitrogen and oxygen atoms in total. The summed E-state index contributed by atoms with van der Waals surface area (Å²) in [4.78, 5) is 8.74. The van der Waals surface area contributed by atoms with Gasteiger partial charge in [0.1, 0.15) is 5.69 Å². The number of hydrogen-bond donors (Lipinski definition) is 1. The van der Waals surface area contributed by atoms with Crippen molar-refractivity contribution in [1.29, 1.82) is 0 Å². The minimum absolute atomic E-state index is 0.126. The maximum absolute atomic E-state index is 13.2. The third-order valence-corrected chi connectivity index (χ3v) is 5.60. The van der Waals surface area contributed by atoms with Gasteiger partial charge in [0.2, 0.25) is 20.7 Å². The molecule has 0 spiro atoms. The Morgan fingerprint density at radius 3 is 2.50 bits per heavy atom. The number of nitrogens with zero attached hydrogens (tertiary/aromatic N) is 3. The number of nitrogens with one attached hydrogen (secondary N) is 1. The maximum Gasteiger partial charge on any atom is 0.458 e. The molecule has 0 unspecified atom stereocenters. The lowest BCUT2D eigenvalue weighted by molar-refractivity contribution is -0.621. The van der Waals surface area contributed by atoms with E-state index in [4.69, 9.17) is 0 Å². The Morgan fingerprint density at radius 2 is 1.71 bits per heavy atom. The molecule has 120 valence electrons. The van der Waals surface area contributed by atoms with Crippen LogP contribution in [0.2, 0.25) is 0 Å². The fourth-order valence-electron chi connectivity index (χ4n) is 2.75. The van der Waals surface area contributed by atoms with Crippen LogP contribution < -0.4 is 4.52 Å². The van der Waals surface area contributed by atoms with Crippen LogP contribution in [0.15, 0.2) is 58.5 Å². The Bertz CT molecular complexity index is 1200. The third-order valence-electron chi connectivity index (χ3n) is 3.88. The van der Waals surface area contributed by atoms with Crippen molar-refractivity contribution in [2.24, 2.45) is 0 Å². The molecule has 4 rings (SSSR count). The van der Waals surface area contributed by atoms with Gasteiger partial charge in [-0.1, -0.05) is 40.3 Å². The van der Waals surface area contributed by atoms with Crippen molar-refractivity contribution in [2.75, 3.05) is 0 Å². The first-order chi connectivity index (χ1) is 11.4. The number of hydrogen-bond acceptors (Lipinski definition) is 4. The number of fused-ring (bicyclic) bond motifs is 2. The fourth-order valence-corrected chi connectivity index (χ4v) is 4.22. The molecule has 1 N–H and O–H groups in total. The third kappa shape index (κ3) is 2.25. The van der Waals surface area contributed by atoms with E-state index >= 15 is 0 Å². The maximum atomic E-state index is 13.2. The number of aromatic amines is 1. The van der Waals surface area contributed by atoms with Crippen molar-refractivity contribution in [3.8, 4) is 0 Å². The van der Waals surface area contributed by atoms with E-state index < -0.39 is 9.84 Å². The Morgan fingerprint density at radius 1 is 0.958 bits per heavy atom. The predicted molar refractivity (Wildman–Crippen MR) is 88.4 cm³/mol. The van der Waals surface area contributed by atoms with Gasteiger partial charge in [-0.15, -0.1) is 4.52 Å². The van der Waals surface area contributed by atoms with Crippen molar-refractivity contribution in [3.05, 3.63) is 60.0 Å². The molecule has 2 aromatic heterocycles. The normalized spacial score (nSPS) is 12.1. The van der Waals surface area contributed by atoms with Crippen molar-refractivity contribution >= 4 is 26.4 Å². The van der Waals surface area contributed by atoms with Crippen LogP contribution in [0, 0.1) is 13.8 Å². The number of rotatable bonds is 2. The molecule has 0 atom stereocenters. The van der Waals surface area contributed by atoms with Crippen LogP contribution in [0.1, 0.15) is 11.5 Å². The zero-order valence-corrected chi connectivity index (χ0v) is 14.0. The van der Waals surface area contributed by atoms with Crippen molar-refractivity contribution in [3.63, 3.8) is 0 Å². The number of aromatic nitrogens is 4. The van der Waals surface area contributed by atoms with Crippen molar-refractivity contribution in [2.45, 2.75) is 23.8 Å². The van der Waals surface area contributed by atoms with Crippen LogP contribution >= 0.6 is 0 Å². The van der Waals surface area contributed by atoms with Crippen LogP contribution in [0.25, 0.3) is 16.6 Å². The van der Waals surface area contributed by atoms with Gasteiger partial charge in [0.15, 0.2) is 0 Å². The van der Waals surface area contributed by atoms with E-state index in [1.54, 1.807) is 32.0 Å². The molecule has 0 aliphatic heterocycles. The Kier molecular flexibility index (Phi) is 3.14. The van der Waals surface area contributed by atoms with E-state index in [2.05, 4.69) is 15.1 Å². The standard InChI is InChI=1S/C17H14N4O2S/c1-11-9-16(21-17(18-11)19-12(2)20-21)24(22,23)15-8-7-13-5-3-4-6-14(13)10-15/h3-10H,1-2H3/p+1. The van der Waals surface area contributed by atoms with Gasteiger partial charge >= 0.3 is 5.78 Å². The van der Waals surface area contributed by atoms with Crippen molar-refractivity contribution in [1.82, 2.24) is 15.1 Å². The summed E-state index contributed by atoms with van der Waals surface area (Å²) >= 11 is 0. The van der Waals surface area contributed by atoms with E-state index in [0.29, 0.717) is 17.3 Å². The summed E-state index contributed by atoms with van der Waals surface area (Å²) in [6.45, 7) is 3.51. The summed E-state index contributed by atoms with van der Waals surface area (Å²) in [5.41, 5.74) is 0.598. The van der Waals surface area contributed by atoms with E-state index in [-0.39, 0.29) is 9.92 Å². The van der Waals surface area contributed by atoms with Crippen LogP contribution in [-0.4, -0.2) is 23.5 Å². The van der Waals surface area contributed by atoms with Gasteiger partial charge in [0.25, 0.3) is 0 Å². The minimum atomic E-state index is -3.71. The molecule has 0 saturated carbocycles. The van der Waals surface area contributed by atoms with Gasteiger partial charge in [-0.2, -0.15) is 0 Å². The number of benzene rings is 2. The van der Waals surface area contributed by atoms with Crippen LogP contribution in [0.5, 0.6) is 0 Å². The van der Waals surface area contributed by atoms with E-state index in [1.807, 2.05) is 30.3 Å². The summed E-state index contributed by atoms with van der Waals surface area (Å²) in [7, 11) is -3.71. The van der Waals surface area contributed by atoms with Crippen LogP contribution in [-0.2, 0) is 9.84 Å². The topological polar surface area (TPSA) is 79.8 Å². The summed E-state index contributed by atoms with van der Waals surface area (Å²) in [6, 6.07) is 14.4. The zero-order chi connectivity index (χ0) is 16.9. The van der Waals surface area contributed by atoms with Crippen LogP contribution in [0.3, 0.4) is 0 Å². The van der Waals surface area contributed by atoms with Crippen molar-refractivity contribution < 1.29 is 12.9 Å². The molecule has 24 heavy (non-hydrogen) atoms. The molecule has 0 saturated heterocycles. The van der Waals surface area contributed by atoms with Gasteiger partial charge in [-0.3, -0.25) is 0 Å². The quantitative estimate of drug-likeness (QED) is 0.448. The number of sulfone groups is 1. The molecule has 0 fully saturated rings. The van der Waals surface area contributed by atoms with Gasteiger partial charge in [-0.05, 0) is 29.8 Å². The molecule has 7 heteroatoms. The molecule has 0 aliphatic carbocycles. The SMILES string of the molecule is Cc1cc(S(=O)(=O)c2ccc3ccccc3c2)[n+]2[nH]c(C)nc2n1. The second-order valence-electron chi connectivity index (χ2n) is 5.69. The summed E-state index contributed by atoms with van der Waals surface area (Å²) in [5.74, 6) is 0.940. The molecular formula is C17H15N4O2S+. The van der Waals surface area contributed by atoms with Gasteiger partial charge in [0.05, 0.1) is 4.90 Å². The lowest BCUT2D eigenvalue weighted by Crippen LogP contribution is -2.33. The molecule has 0 bridgehead atoms. The molecule has 0 amide bonds. The molecule has 0 radical (unpaired) electrons. The highest BCUT2D eigenvalue weighted by Crippen LogP contribution is 2.23. The van der Waals surface area contributed by atoms with Gasteiger partial charge in [-0.25, -0.2) is 13.5 Å². The highest BCUT2D eigenvalue weighted by atomic mass is 32.2. The highest BCUT2D eigenvalue weighted by Gasteiger charge is 2.28. The van der Waals surface area contributed by atoms with E-state index in [0.717, 1.165) is 10.8 Å². The number of H-pyrrole nitrogens is 1. The Hall–Kier alpha value is -2.80. The first-order valence-electron chi connectivity index (χ1n) is 7.45. The van der Waals surface area contributed by atoms with Crippen LogP contribution in [0.4, 0.5) is 0 Å². The predicted octanol–water partition coefficient (Wildman–Crippen LogP) is 2.15. The molecule has 4 aromatic rings. The van der Waals surface area contributed by atoms with E-state index in [9.17, 15) is 8.42 Å². The lowest BCUT2D eigenvalue weighted by Gasteiger charge is -2.05. The lowest BCUT2D eigenvalue weighted by atomic mass is 10.1. The zero-order valence-electron chi connectivity index (χ0n) is 13.2. The molecule has 0 aliphatic rings. The highest BCUT2D eigenvalue weighted by molar-refractivity contribution is 7.91. The second-order valence-corrected chi connectivity index (χ2v) is 7.59. The molecule has 2 aromatic carbocycles. The summed E-state index contributed by atoms with van der Waals surface area (Å²) < 4.78 is 27.7. The fraction of sp³-hybridized carbons (Fsp3) is 0.118. The smallest absolute Gasteiger partial charge is 0.215 e. The number of aryl methyl sites for hydroxylation is 2. The Labute approximate surface area is 138 Å². The first kappa shape index (κ1) is 14.8. The minimum Gasteiger partial charge on any atom is -0.215 e. The Balaban J connectivity index is 2.00. The largest absolute Gasteiger partial charge is 0.458 e. The van der Waals surface area contributed by atoms with Gasteiger partial charge in [0, 0.05) is 13.0 Å². The van der Waals surface area contributed by atoms with E-state index in [1.165, 1.54) is 4.52 Å². The monoisotopic (exact) mass is 339 g/mol. The average molecular weight is 339 g/mol.